The number of aromatic nitrogens is 2. The molecule has 1 aliphatic heterocycles. The number of rotatable bonds is 3. The van der Waals surface area contributed by atoms with E-state index in [9.17, 15) is 14.7 Å². The molecule has 2 amide bonds. The molecule has 0 aliphatic carbocycles. The number of nitrogens with one attached hydrogen (secondary N) is 1. The molecule has 20 heavy (non-hydrogen) atoms. The largest absolute Gasteiger partial charge is 0.480 e. The smallest absolute Gasteiger partial charge is 0.326 e. The van der Waals surface area contributed by atoms with Crippen LogP contribution in [-0.2, 0) is 11.3 Å². The van der Waals surface area contributed by atoms with E-state index in [-0.39, 0.29) is 19.5 Å². The Morgan fingerprint density at radius 1 is 1.55 bits per heavy atom. The predicted octanol–water partition coefficient (Wildman–Crippen LogP) is -0.486. The Kier molecular flexibility index (Phi) is 4.14. The summed E-state index contributed by atoms with van der Waals surface area (Å²) in [6.07, 6.45) is 0.835. The topological polar surface area (TPSA) is 116 Å². The molecule has 0 saturated carbocycles. The van der Waals surface area contributed by atoms with E-state index in [4.69, 9.17) is 5.11 Å². The average molecular weight is 280 g/mol. The lowest BCUT2D eigenvalue weighted by Crippen LogP contribution is -2.46. The van der Waals surface area contributed by atoms with Crippen molar-refractivity contribution in [1.29, 1.82) is 0 Å². The number of aliphatic hydroxyl groups excluding tert-OH is 1. The summed E-state index contributed by atoms with van der Waals surface area (Å²) in [6.45, 7) is 1.94. The van der Waals surface area contributed by atoms with Crippen LogP contribution in [0.2, 0.25) is 0 Å². The van der Waals surface area contributed by atoms with Crippen LogP contribution in [0, 0.1) is 6.92 Å². The quantitative estimate of drug-likeness (QED) is 0.688. The van der Waals surface area contributed by atoms with Gasteiger partial charge in [0.05, 0.1) is 18.3 Å². The monoisotopic (exact) mass is 280 g/mol. The minimum atomic E-state index is -1.12. The summed E-state index contributed by atoms with van der Waals surface area (Å²) >= 11 is 0. The molecule has 8 heteroatoms. The summed E-state index contributed by atoms with van der Waals surface area (Å²) in [5.41, 5.74) is 0.637. The number of carboxylic acids is 1. The van der Waals surface area contributed by atoms with Gasteiger partial charge in [0, 0.05) is 19.2 Å². The van der Waals surface area contributed by atoms with Crippen molar-refractivity contribution in [2.45, 2.75) is 32.0 Å². The molecular formula is C12H16N4O4. The molecular weight excluding hydrogens is 264 g/mol. The number of hydrogen-bond acceptors (Lipinski definition) is 5. The zero-order valence-electron chi connectivity index (χ0n) is 11.0. The van der Waals surface area contributed by atoms with E-state index in [1.54, 1.807) is 19.2 Å². The maximum atomic E-state index is 12.0. The van der Waals surface area contributed by atoms with E-state index < -0.39 is 24.1 Å². The number of aliphatic carboxylic acids is 1. The second-order valence-corrected chi connectivity index (χ2v) is 4.65. The summed E-state index contributed by atoms with van der Waals surface area (Å²) in [5, 5.41) is 21.1. The third-order valence-corrected chi connectivity index (χ3v) is 3.08. The van der Waals surface area contributed by atoms with Crippen LogP contribution in [0.3, 0.4) is 0 Å². The summed E-state index contributed by atoms with van der Waals surface area (Å²) < 4.78 is 0. The first kappa shape index (κ1) is 14.2. The predicted molar refractivity (Wildman–Crippen MR) is 67.8 cm³/mol. The van der Waals surface area contributed by atoms with Crippen molar-refractivity contribution >= 4 is 12.0 Å². The van der Waals surface area contributed by atoms with Gasteiger partial charge >= 0.3 is 12.0 Å². The lowest BCUT2D eigenvalue weighted by molar-refractivity contribution is -0.141. The Morgan fingerprint density at radius 3 is 2.95 bits per heavy atom. The molecule has 108 valence electrons. The summed E-state index contributed by atoms with van der Waals surface area (Å²) in [4.78, 5) is 32.2. The lowest BCUT2D eigenvalue weighted by atomic mass is 10.2. The van der Waals surface area contributed by atoms with Gasteiger partial charge in [-0.15, -0.1) is 0 Å². The zero-order valence-corrected chi connectivity index (χ0v) is 11.0. The number of likely N-dealkylation sites (tertiary alicyclic amines) is 1. The number of carboxylic acid groups (broad SMARTS) is 1. The molecule has 0 spiro atoms. The molecule has 1 fully saturated rings. The highest BCUT2D eigenvalue weighted by atomic mass is 16.4. The van der Waals surface area contributed by atoms with E-state index in [0.29, 0.717) is 11.5 Å². The van der Waals surface area contributed by atoms with Crippen LogP contribution < -0.4 is 5.32 Å². The van der Waals surface area contributed by atoms with E-state index in [2.05, 4.69) is 15.3 Å². The van der Waals surface area contributed by atoms with Crippen LogP contribution in [0.1, 0.15) is 17.9 Å². The highest BCUT2D eigenvalue weighted by Crippen LogP contribution is 2.18. The van der Waals surface area contributed by atoms with Crippen LogP contribution >= 0.6 is 0 Å². The maximum Gasteiger partial charge on any atom is 0.326 e. The highest BCUT2D eigenvalue weighted by molar-refractivity contribution is 5.83. The van der Waals surface area contributed by atoms with Gasteiger partial charge in [-0.05, 0) is 13.0 Å². The van der Waals surface area contributed by atoms with Gasteiger partial charge in [0.15, 0.2) is 0 Å². The van der Waals surface area contributed by atoms with Gasteiger partial charge in [-0.2, -0.15) is 0 Å². The Labute approximate surface area is 115 Å². The van der Waals surface area contributed by atoms with Gasteiger partial charge in [-0.1, -0.05) is 0 Å². The number of hydrogen-bond donors (Lipinski definition) is 3. The van der Waals surface area contributed by atoms with E-state index >= 15 is 0 Å². The number of β-amino-alcohol motifs (C(OH)–C–C–N with tert-alkyl or cyclic N) is 1. The van der Waals surface area contributed by atoms with Crippen molar-refractivity contribution in [3.05, 3.63) is 23.8 Å². The van der Waals surface area contributed by atoms with Crippen molar-refractivity contribution in [2.24, 2.45) is 0 Å². The minimum Gasteiger partial charge on any atom is -0.480 e. The third-order valence-electron chi connectivity index (χ3n) is 3.08. The van der Waals surface area contributed by atoms with E-state index in [1.807, 2.05) is 0 Å². The van der Waals surface area contributed by atoms with Crippen molar-refractivity contribution in [1.82, 2.24) is 20.2 Å². The van der Waals surface area contributed by atoms with Gasteiger partial charge < -0.3 is 20.4 Å². The van der Waals surface area contributed by atoms with E-state index in [0.717, 1.165) is 4.90 Å². The highest BCUT2D eigenvalue weighted by Gasteiger charge is 2.38. The molecule has 3 N–H and O–H groups in total. The zero-order chi connectivity index (χ0) is 14.7. The first-order valence-electron chi connectivity index (χ1n) is 6.21. The number of aliphatic hydroxyl groups is 1. The summed E-state index contributed by atoms with van der Waals surface area (Å²) in [5.74, 6) is -0.522. The Bertz CT molecular complexity index is 522. The fraction of sp³-hybridized carbons (Fsp3) is 0.500. The first-order valence-corrected chi connectivity index (χ1v) is 6.21. The van der Waals surface area contributed by atoms with Crippen LogP contribution in [-0.4, -0.2) is 55.8 Å². The number of carbonyl (C=O) groups is 2. The summed E-state index contributed by atoms with van der Waals surface area (Å²) in [6, 6.07) is 0.156. The Hall–Kier alpha value is -2.22. The van der Waals surface area contributed by atoms with Crippen LogP contribution in [0.25, 0.3) is 0 Å². The second kappa shape index (κ2) is 5.83. The van der Waals surface area contributed by atoms with Gasteiger partial charge in [-0.25, -0.2) is 19.6 Å². The molecule has 0 unspecified atom stereocenters. The molecule has 1 saturated heterocycles. The SMILES string of the molecule is Cc1nccc(CNC(=O)N2C[C@@H](O)C[C@H]2C(=O)O)n1. The number of aryl methyl sites for hydroxylation is 1. The van der Waals surface area contributed by atoms with E-state index in [1.165, 1.54) is 0 Å². The number of carbonyl (C=O) groups excluding carboxylic acids is 1. The Morgan fingerprint density at radius 2 is 2.30 bits per heavy atom. The van der Waals surface area contributed by atoms with Crippen LogP contribution in [0.4, 0.5) is 4.79 Å². The minimum absolute atomic E-state index is 0.0194. The summed E-state index contributed by atoms with van der Waals surface area (Å²) in [7, 11) is 0. The third kappa shape index (κ3) is 3.21. The van der Waals surface area contributed by atoms with Crippen LogP contribution in [0.15, 0.2) is 12.3 Å². The van der Waals surface area contributed by atoms with Crippen molar-refractivity contribution < 1.29 is 19.8 Å². The van der Waals surface area contributed by atoms with Gasteiger partial charge in [0.1, 0.15) is 11.9 Å². The number of nitrogens with zero attached hydrogens (tertiary/aromatic N) is 3. The fourth-order valence-corrected chi connectivity index (χ4v) is 2.14. The van der Waals surface area contributed by atoms with Gasteiger partial charge in [0.25, 0.3) is 0 Å². The molecule has 0 bridgehead atoms. The molecule has 2 heterocycles. The van der Waals surface area contributed by atoms with Crippen LogP contribution in [0.5, 0.6) is 0 Å². The lowest BCUT2D eigenvalue weighted by Gasteiger charge is -2.21. The molecule has 0 aromatic carbocycles. The number of amides is 2. The standard InChI is InChI=1S/C12H16N4O4/c1-7-13-3-2-8(15-7)5-14-12(20)16-6-9(17)4-10(16)11(18)19/h2-3,9-10,17H,4-6H2,1H3,(H,14,20)(H,18,19)/t9-,10-/m0/s1. The van der Waals surface area contributed by atoms with Gasteiger partial charge in [0.2, 0.25) is 0 Å². The average Bonchev–Trinajstić information content (AvgIpc) is 2.78. The maximum absolute atomic E-state index is 12.0. The second-order valence-electron chi connectivity index (χ2n) is 4.65. The van der Waals surface area contributed by atoms with Crippen molar-refractivity contribution in [2.75, 3.05) is 6.54 Å². The molecule has 2 rings (SSSR count). The molecule has 2 atom stereocenters. The first-order chi connectivity index (χ1) is 9.47. The molecule has 1 aliphatic rings. The normalized spacial score (nSPS) is 21.8. The van der Waals surface area contributed by atoms with Crippen molar-refractivity contribution in [3.63, 3.8) is 0 Å². The number of urea groups is 1. The van der Waals surface area contributed by atoms with Gasteiger partial charge in [-0.3, -0.25) is 0 Å². The fourth-order valence-electron chi connectivity index (χ4n) is 2.14. The molecule has 0 radical (unpaired) electrons. The molecule has 8 nitrogen and oxygen atoms in total. The Balaban J connectivity index is 1.96. The molecule has 1 aromatic rings. The molecule has 1 aromatic heterocycles. The van der Waals surface area contributed by atoms with Crippen molar-refractivity contribution in [3.8, 4) is 0 Å².